The highest BCUT2D eigenvalue weighted by molar-refractivity contribution is 6.02. The van der Waals surface area contributed by atoms with Gasteiger partial charge in [0.1, 0.15) is 6.54 Å². The summed E-state index contributed by atoms with van der Waals surface area (Å²) in [5.41, 5.74) is 1.15. The zero-order chi connectivity index (χ0) is 14.4. The molecule has 0 atom stereocenters. The summed E-state index contributed by atoms with van der Waals surface area (Å²) in [6.45, 7) is 0.451. The number of hydrogen-bond donors (Lipinski definition) is 1. The number of carboxylic acids is 1. The van der Waals surface area contributed by atoms with E-state index in [-0.39, 0.29) is 0 Å². The normalized spacial score (nSPS) is 14.7. The van der Waals surface area contributed by atoms with Gasteiger partial charge in [-0.3, -0.25) is 0 Å². The van der Waals surface area contributed by atoms with Crippen LogP contribution in [-0.4, -0.2) is 25.8 Å². The van der Waals surface area contributed by atoms with Crippen LogP contribution >= 0.6 is 0 Å². The molecule has 6 nitrogen and oxygen atoms in total. The third-order valence-corrected chi connectivity index (χ3v) is 3.78. The zero-order valence-corrected chi connectivity index (χ0v) is 11.2. The Morgan fingerprint density at radius 3 is 3.00 bits per heavy atom. The van der Waals surface area contributed by atoms with Crippen molar-refractivity contribution in [3.05, 3.63) is 47.7 Å². The first-order valence-corrected chi connectivity index (χ1v) is 6.86. The molecule has 1 N–H and O–H groups in total. The van der Waals surface area contributed by atoms with Crippen LogP contribution in [0.25, 0.3) is 10.9 Å². The number of carbonyl (C=O) groups is 1. The minimum absolute atomic E-state index is 0.301. The predicted molar refractivity (Wildman–Crippen MR) is 74.3 cm³/mol. The molecule has 0 spiro atoms. The Kier molecular flexibility index (Phi) is 2.57. The van der Waals surface area contributed by atoms with Gasteiger partial charge in [-0.25, -0.2) is 4.79 Å². The maximum Gasteiger partial charge on any atom is 0.336 e. The average molecular weight is 283 g/mol. The van der Waals surface area contributed by atoms with Gasteiger partial charge in [-0.2, -0.15) is 4.98 Å². The minimum Gasteiger partial charge on any atom is -0.478 e. The van der Waals surface area contributed by atoms with Crippen LogP contribution in [0.4, 0.5) is 0 Å². The van der Waals surface area contributed by atoms with E-state index in [1.54, 1.807) is 18.2 Å². The summed E-state index contributed by atoms with van der Waals surface area (Å²) in [7, 11) is 0. The van der Waals surface area contributed by atoms with E-state index in [2.05, 4.69) is 10.1 Å². The van der Waals surface area contributed by atoms with Gasteiger partial charge in [0.15, 0.2) is 5.82 Å². The second-order valence-electron chi connectivity index (χ2n) is 5.31. The highest BCUT2D eigenvalue weighted by Crippen LogP contribution is 2.38. The zero-order valence-electron chi connectivity index (χ0n) is 11.2. The lowest BCUT2D eigenvalue weighted by Crippen LogP contribution is -2.00. The summed E-state index contributed by atoms with van der Waals surface area (Å²) >= 11 is 0. The number of aromatic carboxylic acids is 1. The minimum atomic E-state index is -0.924. The number of carboxylic acid groups (broad SMARTS) is 1. The second kappa shape index (κ2) is 4.44. The molecule has 0 saturated heterocycles. The third-order valence-electron chi connectivity index (χ3n) is 3.78. The van der Waals surface area contributed by atoms with Crippen molar-refractivity contribution in [3.63, 3.8) is 0 Å². The van der Waals surface area contributed by atoms with Crippen molar-refractivity contribution < 1.29 is 14.4 Å². The highest BCUT2D eigenvalue weighted by atomic mass is 16.5. The predicted octanol–water partition coefficient (Wildman–Crippen LogP) is 2.65. The van der Waals surface area contributed by atoms with Crippen molar-refractivity contribution in [2.75, 3.05) is 0 Å². The SMILES string of the molecule is O=C(O)c1cccc2c1ccn2Cc1nc(C2CC2)no1. The Bertz CT molecular complexity index is 830. The van der Waals surface area contributed by atoms with Crippen molar-refractivity contribution in [1.29, 1.82) is 0 Å². The molecule has 2 aromatic heterocycles. The lowest BCUT2D eigenvalue weighted by Gasteiger charge is -2.02. The maximum absolute atomic E-state index is 11.2. The molecule has 1 aliphatic carbocycles. The third kappa shape index (κ3) is 2.08. The number of aromatic nitrogens is 3. The quantitative estimate of drug-likeness (QED) is 0.796. The summed E-state index contributed by atoms with van der Waals surface area (Å²) in [4.78, 5) is 15.6. The van der Waals surface area contributed by atoms with Crippen LogP contribution in [0.2, 0.25) is 0 Å². The Morgan fingerprint density at radius 2 is 2.24 bits per heavy atom. The molecule has 6 heteroatoms. The highest BCUT2D eigenvalue weighted by Gasteiger charge is 2.28. The van der Waals surface area contributed by atoms with Gasteiger partial charge in [0.2, 0.25) is 5.89 Å². The van der Waals surface area contributed by atoms with E-state index in [4.69, 9.17) is 4.52 Å². The smallest absolute Gasteiger partial charge is 0.336 e. The van der Waals surface area contributed by atoms with Crippen molar-refractivity contribution in [2.45, 2.75) is 25.3 Å². The van der Waals surface area contributed by atoms with Crippen LogP contribution in [0, 0.1) is 0 Å². The van der Waals surface area contributed by atoms with E-state index in [0.717, 1.165) is 24.2 Å². The molecule has 0 radical (unpaired) electrons. The van der Waals surface area contributed by atoms with E-state index in [1.807, 2.05) is 16.8 Å². The number of nitrogens with zero attached hydrogens (tertiary/aromatic N) is 3. The lowest BCUT2D eigenvalue weighted by molar-refractivity contribution is 0.0699. The number of hydrogen-bond acceptors (Lipinski definition) is 4. The van der Waals surface area contributed by atoms with Gasteiger partial charge in [-0.15, -0.1) is 0 Å². The maximum atomic E-state index is 11.2. The van der Waals surface area contributed by atoms with E-state index in [9.17, 15) is 9.90 Å². The number of fused-ring (bicyclic) bond motifs is 1. The molecule has 1 aromatic carbocycles. The van der Waals surface area contributed by atoms with Crippen LogP contribution in [-0.2, 0) is 6.54 Å². The Hall–Kier alpha value is -2.63. The van der Waals surface area contributed by atoms with Crippen LogP contribution < -0.4 is 0 Å². The standard InChI is InChI=1S/C15H13N3O3/c19-15(20)11-2-1-3-12-10(11)6-7-18(12)8-13-16-14(17-21-13)9-4-5-9/h1-3,6-7,9H,4-5,8H2,(H,19,20). The first-order valence-electron chi connectivity index (χ1n) is 6.86. The fourth-order valence-electron chi connectivity index (χ4n) is 2.53. The molecule has 106 valence electrons. The largest absolute Gasteiger partial charge is 0.478 e. The number of benzene rings is 1. The summed E-state index contributed by atoms with van der Waals surface area (Å²) < 4.78 is 7.19. The molecule has 1 fully saturated rings. The van der Waals surface area contributed by atoms with E-state index in [0.29, 0.717) is 29.3 Å². The molecule has 1 saturated carbocycles. The van der Waals surface area contributed by atoms with Gasteiger partial charge in [0.05, 0.1) is 5.56 Å². The van der Waals surface area contributed by atoms with Gasteiger partial charge in [-0.1, -0.05) is 11.2 Å². The Labute approximate surface area is 120 Å². The first kappa shape index (κ1) is 12.1. The second-order valence-corrected chi connectivity index (χ2v) is 5.31. The Morgan fingerprint density at radius 1 is 1.38 bits per heavy atom. The molecular formula is C15H13N3O3. The topological polar surface area (TPSA) is 81.1 Å². The molecule has 0 amide bonds. The summed E-state index contributed by atoms with van der Waals surface area (Å²) in [5, 5.41) is 13.9. The molecule has 0 bridgehead atoms. The van der Waals surface area contributed by atoms with Crippen molar-refractivity contribution in [2.24, 2.45) is 0 Å². The van der Waals surface area contributed by atoms with Gasteiger partial charge in [0, 0.05) is 23.0 Å². The van der Waals surface area contributed by atoms with Crippen molar-refractivity contribution in [1.82, 2.24) is 14.7 Å². The monoisotopic (exact) mass is 283 g/mol. The van der Waals surface area contributed by atoms with Crippen LogP contribution in [0.15, 0.2) is 35.0 Å². The van der Waals surface area contributed by atoms with E-state index in [1.165, 1.54) is 0 Å². The average Bonchev–Trinajstić information content (AvgIpc) is 3.09. The number of rotatable bonds is 4. The summed E-state index contributed by atoms with van der Waals surface area (Å²) in [6, 6.07) is 7.04. The fraction of sp³-hybridized carbons (Fsp3) is 0.267. The van der Waals surface area contributed by atoms with Gasteiger partial charge in [-0.05, 0) is 31.0 Å². The molecule has 0 unspecified atom stereocenters. The summed E-state index contributed by atoms with van der Waals surface area (Å²) in [5.74, 6) is 0.873. The van der Waals surface area contributed by atoms with Gasteiger partial charge >= 0.3 is 5.97 Å². The molecule has 1 aliphatic rings. The molecular weight excluding hydrogens is 270 g/mol. The van der Waals surface area contributed by atoms with Crippen LogP contribution in [0.1, 0.15) is 40.8 Å². The van der Waals surface area contributed by atoms with E-state index < -0.39 is 5.97 Å². The fourth-order valence-corrected chi connectivity index (χ4v) is 2.53. The van der Waals surface area contributed by atoms with Crippen molar-refractivity contribution in [3.8, 4) is 0 Å². The van der Waals surface area contributed by atoms with Gasteiger partial charge < -0.3 is 14.2 Å². The molecule has 2 heterocycles. The molecule has 4 rings (SSSR count). The first-order chi connectivity index (χ1) is 10.2. The molecule has 3 aromatic rings. The van der Waals surface area contributed by atoms with E-state index >= 15 is 0 Å². The summed E-state index contributed by atoms with van der Waals surface area (Å²) in [6.07, 6.45) is 4.11. The van der Waals surface area contributed by atoms with Gasteiger partial charge in [0.25, 0.3) is 0 Å². The molecule has 21 heavy (non-hydrogen) atoms. The van der Waals surface area contributed by atoms with Crippen LogP contribution in [0.5, 0.6) is 0 Å². The molecule has 0 aliphatic heterocycles. The lowest BCUT2D eigenvalue weighted by atomic mass is 10.1. The van der Waals surface area contributed by atoms with Crippen molar-refractivity contribution >= 4 is 16.9 Å². The Balaban J connectivity index is 1.69. The van der Waals surface area contributed by atoms with Crippen LogP contribution in [0.3, 0.4) is 0 Å².